The molecule has 0 spiro atoms. The molecular formula is C6H15N3O2. The highest BCUT2D eigenvalue weighted by atomic mass is 16.5. The van der Waals surface area contributed by atoms with Crippen molar-refractivity contribution in [2.75, 3.05) is 27.3 Å². The van der Waals surface area contributed by atoms with Gasteiger partial charge in [-0.2, -0.15) is 0 Å². The van der Waals surface area contributed by atoms with Crippen LogP contribution in [0.4, 0.5) is 0 Å². The van der Waals surface area contributed by atoms with E-state index >= 15 is 0 Å². The first kappa shape index (κ1) is 10.2. The van der Waals surface area contributed by atoms with Crippen molar-refractivity contribution in [2.45, 2.75) is 6.10 Å². The van der Waals surface area contributed by atoms with Crippen LogP contribution in [0.25, 0.3) is 0 Å². The predicted molar refractivity (Wildman–Crippen MR) is 43.4 cm³/mol. The molecule has 0 aliphatic carbocycles. The molecule has 1 atom stereocenters. The fourth-order valence-corrected chi connectivity index (χ4v) is 0.553. The Kier molecular flexibility index (Phi) is 5.50. The van der Waals surface area contributed by atoms with Crippen LogP contribution in [0.3, 0.4) is 0 Å². The largest absolute Gasteiger partial charge is 0.389 e. The number of guanidine groups is 1. The lowest BCUT2D eigenvalue weighted by molar-refractivity contribution is 0.0674. The zero-order chi connectivity index (χ0) is 8.69. The minimum absolute atomic E-state index is 0.296. The molecule has 66 valence electrons. The van der Waals surface area contributed by atoms with Crippen molar-refractivity contribution in [1.29, 1.82) is 0 Å². The van der Waals surface area contributed by atoms with Crippen molar-refractivity contribution in [3.8, 4) is 0 Å². The van der Waals surface area contributed by atoms with Gasteiger partial charge in [-0.25, -0.2) is 0 Å². The Balaban J connectivity index is 3.37. The van der Waals surface area contributed by atoms with E-state index in [-0.39, 0.29) is 0 Å². The van der Waals surface area contributed by atoms with E-state index in [1.807, 2.05) is 0 Å². The molecule has 0 aromatic rings. The Morgan fingerprint density at radius 3 is 2.91 bits per heavy atom. The molecule has 4 N–H and O–H groups in total. The van der Waals surface area contributed by atoms with Gasteiger partial charge in [0.05, 0.1) is 12.7 Å². The quantitative estimate of drug-likeness (QED) is 0.347. The minimum atomic E-state index is -0.541. The van der Waals surface area contributed by atoms with Gasteiger partial charge in [-0.05, 0) is 0 Å². The van der Waals surface area contributed by atoms with Gasteiger partial charge in [-0.3, -0.25) is 4.99 Å². The Morgan fingerprint density at radius 1 is 1.82 bits per heavy atom. The maximum Gasteiger partial charge on any atom is 0.188 e. The first-order chi connectivity index (χ1) is 5.20. The van der Waals surface area contributed by atoms with Crippen LogP contribution in [0.15, 0.2) is 4.99 Å². The fourth-order valence-electron chi connectivity index (χ4n) is 0.553. The van der Waals surface area contributed by atoms with Crippen molar-refractivity contribution in [1.82, 2.24) is 5.32 Å². The molecule has 0 bridgehead atoms. The third kappa shape index (κ3) is 5.63. The lowest BCUT2D eigenvalue weighted by Crippen LogP contribution is -2.38. The molecule has 0 fully saturated rings. The summed E-state index contributed by atoms with van der Waals surface area (Å²) in [6.45, 7) is 0.654. The number of nitrogens with one attached hydrogen (secondary N) is 1. The lowest BCUT2D eigenvalue weighted by Gasteiger charge is -2.10. The number of ether oxygens (including phenoxy) is 1. The van der Waals surface area contributed by atoms with Gasteiger partial charge in [0, 0.05) is 20.7 Å². The Morgan fingerprint density at radius 2 is 2.45 bits per heavy atom. The third-order valence-electron chi connectivity index (χ3n) is 1.12. The fraction of sp³-hybridized carbons (Fsp3) is 0.833. The van der Waals surface area contributed by atoms with E-state index in [2.05, 4.69) is 10.3 Å². The highest BCUT2D eigenvalue weighted by Crippen LogP contribution is 1.79. The summed E-state index contributed by atoms with van der Waals surface area (Å²) < 4.78 is 4.70. The molecule has 0 saturated heterocycles. The van der Waals surface area contributed by atoms with E-state index < -0.39 is 6.10 Å². The number of nitrogens with two attached hydrogens (primary N) is 1. The van der Waals surface area contributed by atoms with Gasteiger partial charge in [0.15, 0.2) is 5.96 Å². The molecule has 0 aliphatic heterocycles. The van der Waals surface area contributed by atoms with Crippen LogP contribution in [0.2, 0.25) is 0 Å². The number of nitrogens with zero attached hydrogens (tertiary/aromatic N) is 1. The molecule has 5 heteroatoms. The number of hydrogen-bond acceptors (Lipinski definition) is 3. The summed E-state index contributed by atoms with van der Waals surface area (Å²) in [5.74, 6) is 0.320. The molecule has 0 heterocycles. The summed E-state index contributed by atoms with van der Waals surface area (Å²) in [7, 11) is 3.10. The van der Waals surface area contributed by atoms with Crippen molar-refractivity contribution in [3.05, 3.63) is 0 Å². The van der Waals surface area contributed by atoms with Crippen LogP contribution in [-0.4, -0.2) is 44.5 Å². The van der Waals surface area contributed by atoms with Crippen molar-refractivity contribution < 1.29 is 9.84 Å². The first-order valence-electron chi connectivity index (χ1n) is 3.33. The summed E-state index contributed by atoms with van der Waals surface area (Å²) in [4.78, 5) is 3.65. The lowest BCUT2D eigenvalue weighted by atomic mass is 10.4. The second kappa shape index (κ2) is 5.94. The van der Waals surface area contributed by atoms with Crippen LogP contribution in [0.5, 0.6) is 0 Å². The molecule has 0 saturated carbocycles. The van der Waals surface area contributed by atoms with Crippen molar-refractivity contribution in [2.24, 2.45) is 10.7 Å². The van der Waals surface area contributed by atoms with Crippen LogP contribution in [0, 0.1) is 0 Å². The average Bonchev–Trinajstić information content (AvgIpc) is 2.01. The molecule has 0 unspecified atom stereocenters. The number of methoxy groups -OCH3 is 1. The highest BCUT2D eigenvalue weighted by Gasteiger charge is 2.01. The van der Waals surface area contributed by atoms with E-state index in [0.29, 0.717) is 19.1 Å². The maximum absolute atomic E-state index is 9.10. The number of aliphatic hydroxyl groups is 1. The maximum atomic E-state index is 9.10. The van der Waals surface area contributed by atoms with Crippen LogP contribution in [0.1, 0.15) is 0 Å². The van der Waals surface area contributed by atoms with Crippen LogP contribution in [-0.2, 0) is 4.74 Å². The standard InChI is InChI=1S/C6H15N3O2/c1-8-6(7)9-3-5(10)4-11-2/h5,10H,3-4H2,1-2H3,(H3,7,8,9)/t5-/m0/s1. The van der Waals surface area contributed by atoms with E-state index in [9.17, 15) is 0 Å². The average molecular weight is 161 g/mol. The summed E-state index contributed by atoms with van der Waals surface area (Å²) in [5, 5.41) is 11.8. The van der Waals surface area contributed by atoms with Crippen LogP contribution >= 0.6 is 0 Å². The monoisotopic (exact) mass is 161 g/mol. The number of aliphatic hydroxyl groups excluding tert-OH is 1. The second-order valence-corrected chi connectivity index (χ2v) is 2.10. The van der Waals surface area contributed by atoms with Gasteiger partial charge in [0.25, 0.3) is 0 Å². The minimum Gasteiger partial charge on any atom is -0.389 e. The molecule has 0 aromatic carbocycles. The van der Waals surface area contributed by atoms with Gasteiger partial charge in [-0.15, -0.1) is 0 Å². The van der Waals surface area contributed by atoms with Crippen molar-refractivity contribution in [3.63, 3.8) is 0 Å². The molecule has 0 aliphatic rings. The van der Waals surface area contributed by atoms with E-state index in [1.165, 1.54) is 7.11 Å². The van der Waals surface area contributed by atoms with E-state index in [1.54, 1.807) is 7.05 Å². The number of rotatable bonds is 4. The van der Waals surface area contributed by atoms with Gasteiger partial charge in [0.1, 0.15) is 0 Å². The van der Waals surface area contributed by atoms with Gasteiger partial charge >= 0.3 is 0 Å². The van der Waals surface area contributed by atoms with Gasteiger partial charge < -0.3 is 20.9 Å². The van der Waals surface area contributed by atoms with Crippen LogP contribution < -0.4 is 11.1 Å². The molecule has 5 nitrogen and oxygen atoms in total. The van der Waals surface area contributed by atoms with Gasteiger partial charge in [-0.1, -0.05) is 0 Å². The topological polar surface area (TPSA) is 79.9 Å². The Bertz CT molecular complexity index is 127. The highest BCUT2D eigenvalue weighted by molar-refractivity contribution is 5.77. The Hall–Kier alpha value is -0.810. The second-order valence-electron chi connectivity index (χ2n) is 2.10. The Labute approximate surface area is 66.3 Å². The SMILES string of the molecule is CN=C(N)NC[C@H](O)COC. The van der Waals surface area contributed by atoms with Gasteiger partial charge in [0.2, 0.25) is 0 Å². The number of aliphatic imine (C=N–C) groups is 1. The summed E-state index contributed by atoms with van der Waals surface area (Å²) in [6.07, 6.45) is -0.541. The molecule has 0 aromatic heterocycles. The zero-order valence-electron chi connectivity index (χ0n) is 6.87. The summed E-state index contributed by atoms with van der Waals surface area (Å²) >= 11 is 0. The summed E-state index contributed by atoms with van der Waals surface area (Å²) in [6, 6.07) is 0. The molecule has 0 rings (SSSR count). The molecule has 0 radical (unpaired) electrons. The predicted octanol–water partition coefficient (Wildman–Crippen LogP) is -1.47. The zero-order valence-corrected chi connectivity index (χ0v) is 6.87. The molecule has 0 amide bonds. The smallest absolute Gasteiger partial charge is 0.188 e. The molecule has 11 heavy (non-hydrogen) atoms. The van der Waals surface area contributed by atoms with Crippen molar-refractivity contribution >= 4 is 5.96 Å². The first-order valence-corrected chi connectivity index (χ1v) is 3.33. The molecular weight excluding hydrogens is 146 g/mol. The number of hydrogen-bond donors (Lipinski definition) is 3. The van der Waals surface area contributed by atoms with E-state index in [4.69, 9.17) is 15.6 Å². The summed E-state index contributed by atoms with van der Waals surface area (Å²) in [5.41, 5.74) is 5.30. The van der Waals surface area contributed by atoms with E-state index in [0.717, 1.165) is 0 Å². The third-order valence-corrected chi connectivity index (χ3v) is 1.12. The normalized spacial score (nSPS) is 14.6.